The Bertz CT molecular complexity index is 750. The third kappa shape index (κ3) is 3.45. The molecule has 0 unspecified atom stereocenters. The van der Waals surface area contributed by atoms with Crippen molar-refractivity contribution in [1.82, 2.24) is 4.90 Å². The van der Waals surface area contributed by atoms with Crippen LogP contribution in [0.4, 0.5) is 0 Å². The normalized spacial score (nSPS) is 16.2. The Morgan fingerprint density at radius 1 is 1.12 bits per heavy atom. The van der Waals surface area contributed by atoms with E-state index in [1.54, 1.807) is 32.2 Å². The van der Waals surface area contributed by atoms with Crippen molar-refractivity contribution < 1.29 is 19.4 Å². The number of fused-ring (bicyclic) bond motifs is 1. The monoisotopic (exact) mass is 342 g/mol. The molecule has 3 rings (SSSR count). The summed E-state index contributed by atoms with van der Waals surface area (Å²) >= 11 is 0. The topological polar surface area (TPSA) is 85.0 Å². The second-order valence-corrected chi connectivity index (χ2v) is 6.14. The van der Waals surface area contributed by atoms with Crippen molar-refractivity contribution in [3.8, 4) is 11.5 Å². The van der Waals surface area contributed by atoms with E-state index < -0.39 is 18.2 Å². The number of amides is 1. The summed E-state index contributed by atoms with van der Waals surface area (Å²) < 4.78 is 10.6. The first kappa shape index (κ1) is 17.3. The molecule has 0 aromatic heterocycles. The van der Waals surface area contributed by atoms with Gasteiger partial charge in [0.25, 0.3) is 0 Å². The number of carbonyl (C=O) groups is 1. The van der Waals surface area contributed by atoms with Crippen molar-refractivity contribution in [2.24, 2.45) is 5.73 Å². The van der Waals surface area contributed by atoms with E-state index in [1.807, 2.05) is 30.3 Å². The predicted molar refractivity (Wildman–Crippen MR) is 93.1 cm³/mol. The largest absolute Gasteiger partial charge is 0.454 e. The maximum absolute atomic E-state index is 12.7. The zero-order chi connectivity index (χ0) is 18.0. The maximum atomic E-state index is 12.7. The Balaban J connectivity index is 1.73. The van der Waals surface area contributed by atoms with Gasteiger partial charge < -0.3 is 25.2 Å². The van der Waals surface area contributed by atoms with Crippen LogP contribution in [-0.4, -0.2) is 35.8 Å². The molecule has 3 atom stereocenters. The average Bonchev–Trinajstić information content (AvgIpc) is 3.13. The van der Waals surface area contributed by atoms with Crippen LogP contribution in [0.1, 0.15) is 30.2 Å². The number of nitrogens with two attached hydrogens (primary N) is 1. The first-order valence-corrected chi connectivity index (χ1v) is 8.14. The van der Waals surface area contributed by atoms with Crippen LogP contribution in [0.25, 0.3) is 0 Å². The SMILES string of the molecule is C[C@@H]([C@@H](O)c1ccccc1)N(C)C(=O)[C@@H](N)c1ccc2c(c1)OCO2. The average molecular weight is 342 g/mol. The molecule has 25 heavy (non-hydrogen) atoms. The first-order chi connectivity index (χ1) is 12.0. The lowest BCUT2D eigenvalue weighted by molar-refractivity contribution is -0.135. The van der Waals surface area contributed by atoms with Crippen molar-refractivity contribution in [1.29, 1.82) is 0 Å². The Hall–Kier alpha value is -2.57. The number of aliphatic hydroxyl groups excluding tert-OH is 1. The molecule has 0 saturated heterocycles. The Labute approximate surface area is 146 Å². The van der Waals surface area contributed by atoms with Crippen molar-refractivity contribution in [2.45, 2.75) is 25.1 Å². The highest BCUT2D eigenvalue weighted by Gasteiger charge is 2.29. The van der Waals surface area contributed by atoms with Crippen molar-refractivity contribution >= 4 is 5.91 Å². The molecule has 0 bridgehead atoms. The fourth-order valence-electron chi connectivity index (χ4n) is 2.81. The van der Waals surface area contributed by atoms with E-state index in [1.165, 1.54) is 4.90 Å². The molecule has 1 aliphatic rings. The molecular weight excluding hydrogens is 320 g/mol. The summed E-state index contributed by atoms with van der Waals surface area (Å²) in [5.41, 5.74) is 7.54. The van der Waals surface area contributed by atoms with Crippen LogP contribution in [0, 0.1) is 0 Å². The molecule has 6 nitrogen and oxygen atoms in total. The number of ether oxygens (including phenoxy) is 2. The van der Waals surface area contributed by atoms with Gasteiger partial charge in [-0.25, -0.2) is 0 Å². The molecule has 0 radical (unpaired) electrons. The third-order valence-electron chi connectivity index (χ3n) is 4.58. The highest BCUT2D eigenvalue weighted by atomic mass is 16.7. The Kier molecular flexibility index (Phi) is 4.92. The van der Waals surface area contributed by atoms with E-state index in [2.05, 4.69) is 0 Å². The molecule has 3 N–H and O–H groups in total. The molecule has 0 saturated carbocycles. The molecule has 0 spiro atoms. The molecule has 0 fully saturated rings. The summed E-state index contributed by atoms with van der Waals surface area (Å²) in [6.07, 6.45) is -0.792. The van der Waals surface area contributed by atoms with Crippen molar-refractivity contribution in [3.05, 3.63) is 59.7 Å². The smallest absolute Gasteiger partial charge is 0.244 e. The van der Waals surface area contributed by atoms with E-state index in [4.69, 9.17) is 15.2 Å². The van der Waals surface area contributed by atoms with Crippen molar-refractivity contribution in [3.63, 3.8) is 0 Å². The highest BCUT2D eigenvalue weighted by Crippen LogP contribution is 2.34. The van der Waals surface area contributed by atoms with Crippen LogP contribution < -0.4 is 15.2 Å². The van der Waals surface area contributed by atoms with Crippen LogP contribution >= 0.6 is 0 Å². The van der Waals surface area contributed by atoms with E-state index >= 15 is 0 Å². The molecule has 6 heteroatoms. The quantitative estimate of drug-likeness (QED) is 0.868. The fraction of sp³-hybridized carbons (Fsp3) is 0.316. The van der Waals surface area contributed by atoms with Gasteiger partial charge in [-0.05, 0) is 30.2 Å². The molecule has 1 heterocycles. The van der Waals surface area contributed by atoms with Gasteiger partial charge >= 0.3 is 0 Å². The summed E-state index contributed by atoms with van der Waals surface area (Å²) in [6.45, 7) is 1.96. The molecule has 0 aliphatic carbocycles. The molecule has 132 valence electrons. The summed E-state index contributed by atoms with van der Waals surface area (Å²) in [4.78, 5) is 14.2. The van der Waals surface area contributed by atoms with Gasteiger partial charge in [0.15, 0.2) is 11.5 Å². The number of rotatable bonds is 5. The van der Waals surface area contributed by atoms with Crippen LogP contribution in [-0.2, 0) is 4.79 Å². The lowest BCUT2D eigenvalue weighted by Gasteiger charge is -2.31. The van der Waals surface area contributed by atoms with Crippen LogP contribution in [0.3, 0.4) is 0 Å². The minimum atomic E-state index is -0.843. The van der Waals surface area contributed by atoms with Gasteiger partial charge in [0.1, 0.15) is 6.04 Å². The van der Waals surface area contributed by atoms with Crippen LogP contribution in [0.5, 0.6) is 11.5 Å². The summed E-state index contributed by atoms with van der Waals surface area (Å²) in [5, 5.41) is 10.5. The van der Waals surface area contributed by atoms with Gasteiger partial charge in [-0.15, -0.1) is 0 Å². The minimum absolute atomic E-state index is 0.169. The van der Waals surface area contributed by atoms with E-state index in [-0.39, 0.29) is 12.7 Å². The number of nitrogens with zero attached hydrogens (tertiary/aromatic N) is 1. The van der Waals surface area contributed by atoms with E-state index in [9.17, 15) is 9.90 Å². The summed E-state index contributed by atoms with van der Waals surface area (Å²) in [7, 11) is 1.64. The van der Waals surface area contributed by atoms with E-state index in [0.717, 1.165) is 5.56 Å². The number of likely N-dealkylation sites (N-methyl/N-ethyl adjacent to an activating group) is 1. The van der Waals surface area contributed by atoms with E-state index in [0.29, 0.717) is 17.1 Å². The lowest BCUT2D eigenvalue weighted by Crippen LogP contribution is -2.43. The Morgan fingerprint density at radius 3 is 2.52 bits per heavy atom. The van der Waals surface area contributed by atoms with Crippen LogP contribution in [0.2, 0.25) is 0 Å². The first-order valence-electron chi connectivity index (χ1n) is 8.14. The molecule has 2 aromatic rings. The standard InChI is InChI=1S/C19H22N2O4/c1-12(18(22)13-6-4-3-5-7-13)21(2)19(23)17(20)14-8-9-15-16(10-14)25-11-24-15/h3-10,12,17-18,22H,11,20H2,1-2H3/t12-,17-,18+/m0/s1. The second-order valence-electron chi connectivity index (χ2n) is 6.14. The van der Waals surface area contributed by atoms with Gasteiger partial charge in [0.05, 0.1) is 12.1 Å². The van der Waals surface area contributed by atoms with Gasteiger partial charge in [0, 0.05) is 7.05 Å². The molecular formula is C19H22N2O4. The number of hydrogen-bond acceptors (Lipinski definition) is 5. The molecule has 1 aliphatic heterocycles. The zero-order valence-corrected chi connectivity index (χ0v) is 14.3. The van der Waals surface area contributed by atoms with Gasteiger partial charge in [-0.2, -0.15) is 0 Å². The van der Waals surface area contributed by atoms with Gasteiger partial charge in [-0.1, -0.05) is 36.4 Å². The fourth-order valence-corrected chi connectivity index (χ4v) is 2.81. The third-order valence-corrected chi connectivity index (χ3v) is 4.58. The molecule has 1 amide bonds. The van der Waals surface area contributed by atoms with Crippen LogP contribution in [0.15, 0.2) is 48.5 Å². The minimum Gasteiger partial charge on any atom is -0.454 e. The summed E-state index contributed by atoms with van der Waals surface area (Å²) in [5.74, 6) is 0.951. The summed E-state index contributed by atoms with van der Waals surface area (Å²) in [6, 6.07) is 13.2. The molecule has 2 aromatic carbocycles. The van der Waals surface area contributed by atoms with Gasteiger partial charge in [0.2, 0.25) is 12.7 Å². The number of aliphatic hydroxyl groups is 1. The number of hydrogen-bond donors (Lipinski definition) is 2. The zero-order valence-electron chi connectivity index (χ0n) is 14.3. The number of carbonyl (C=O) groups excluding carboxylic acids is 1. The predicted octanol–water partition coefficient (Wildman–Crippen LogP) is 2.00. The van der Waals surface area contributed by atoms with Crippen molar-refractivity contribution in [2.75, 3.05) is 13.8 Å². The maximum Gasteiger partial charge on any atom is 0.244 e. The number of benzene rings is 2. The highest BCUT2D eigenvalue weighted by molar-refractivity contribution is 5.83. The lowest BCUT2D eigenvalue weighted by atomic mass is 10.0. The Morgan fingerprint density at radius 2 is 1.80 bits per heavy atom. The second kappa shape index (κ2) is 7.13. The van der Waals surface area contributed by atoms with Gasteiger partial charge in [-0.3, -0.25) is 4.79 Å².